The van der Waals surface area contributed by atoms with Crippen molar-refractivity contribution in [1.29, 1.82) is 0 Å². The number of nitrogens with zero attached hydrogens (tertiary/aromatic N) is 4. The summed E-state index contributed by atoms with van der Waals surface area (Å²) in [6.45, 7) is 6.26. The van der Waals surface area contributed by atoms with Crippen LogP contribution in [-0.4, -0.2) is 45.4 Å². The molecule has 28 heavy (non-hydrogen) atoms. The minimum atomic E-state index is -0.316. The van der Waals surface area contributed by atoms with Crippen LogP contribution in [0.4, 0.5) is 0 Å². The van der Waals surface area contributed by atoms with Crippen molar-refractivity contribution in [1.82, 2.24) is 25.2 Å². The maximum atomic E-state index is 12.5. The van der Waals surface area contributed by atoms with Gasteiger partial charge in [0.15, 0.2) is 0 Å². The zero-order chi connectivity index (χ0) is 19.9. The molecule has 0 bridgehead atoms. The molecule has 2 aromatic carbocycles. The van der Waals surface area contributed by atoms with Gasteiger partial charge in [-0.15, -0.1) is 5.10 Å². The Morgan fingerprint density at radius 1 is 1.07 bits per heavy atom. The third-order valence-corrected chi connectivity index (χ3v) is 4.85. The van der Waals surface area contributed by atoms with Gasteiger partial charge in [-0.2, -0.15) is 0 Å². The fraction of sp³-hybridized carbons (Fsp3) is 0.333. The van der Waals surface area contributed by atoms with Crippen LogP contribution in [0.25, 0.3) is 10.9 Å². The lowest BCUT2D eigenvalue weighted by molar-refractivity contribution is -0.122. The zero-order valence-corrected chi connectivity index (χ0v) is 16.2. The summed E-state index contributed by atoms with van der Waals surface area (Å²) in [7, 11) is 0. The van der Waals surface area contributed by atoms with Crippen LogP contribution in [0.15, 0.2) is 59.4 Å². The summed E-state index contributed by atoms with van der Waals surface area (Å²) >= 11 is 0. The second-order valence-electron chi connectivity index (χ2n) is 6.52. The molecule has 7 heteroatoms. The van der Waals surface area contributed by atoms with Crippen LogP contribution in [-0.2, 0) is 11.3 Å². The second-order valence-corrected chi connectivity index (χ2v) is 6.52. The molecule has 3 aromatic rings. The molecule has 1 aromatic heterocycles. The molecule has 1 heterocycles. The Morgan fingerprint density at radius 3 is 2.46 bits per heavy atom. The van der Waals surface area contributed by atoms with Crippen molar-refractivity contribution in [3.8, 4) is 0 Å². The average molecular weight is 379 g/mol. The van der Waals surface area contributed by atoms with Crippen LogP contribution in [0.1, 0.15) is 25.5 Å². The van der Waals surface area contributed by atoms with Gasteiger partial charge < -0.3 is 5.32 Å². The van der Waals surface area contributed by atoms with E-state index in [2.05, 4.69) is 46.5 Å². The molecule has 0 aliphatic carbocycles. The van der Waals surface area contributed by atoms with E-state index in [1.165, 1.54) is 0 Å². The Bertz CT molecular complexity index is 983. The minimum absolute atomic E-state index is 0.0690. The van der Waals surface area contributed by atoms with Gasteiger partial charge in [-0.3, -0.25) is 14.5 Å². The normalized spacial score (nSPS) is 12.2. The number of carbonyl (C=O) groups excluding carboxylic acids is 1. The SMILES string of the molecule is CCN(CC)C(CNC(=O)Cn1nnc2ccccc2c1=O)c1ccccc1. The largest absolute Gasteiger partial charge is 0.353 e. The van der Waals surface area contributed by atoms with Gasteiger partial charge >= 0.3 is 0 Å². The smallest absolute Gasteiger partial charge is 0.278 e. The summed E-state index contributed by atoms with van der Waals surface area (Å²) in [4.78, 5) is 27.3. The van der Waals surface area contributed by atoms with Gasteiger partial charge in [0.2, 0.25) is 5.91 Å². The highest BCUT2D eigenvalue weighted by molar-refractivity contribution is 5.78. The van der Waals surface area contributed by atoms with Crippen molar-refractivity contribution in [3.05, 3.63) is 70.5 Å². The molecule has 7 nitrogen and oxygen atoms in total. The third-order valence-electron chi connectivity index (χ3n) is 4.85. The van der Waals surface area contributed by atoms with Gasteiger partial charge in [-0.25, -0.2) is 4.68 Å². The van der Waals surface area contributed by atoms with E-state index in [0.29, 0.717) is 17.4 Å². The number of hydrogen-bond acceptors (Lipinski definition) is 5. The highest BCUT2D eigenvalue weighted by Crippen LogP contribution is 2.19. The Kier molecular flexibility index (Phi) is 6.49. The number of aromatic nitrogens is 3. The maximum Gasteiger partial charge on any atom is 0.278 e. The first-order valence-corrected chi connectivity index (χ1v) is 9.52. The topological polar surface area (TPSA) is 80.1 Å². The van der Waals surface area contributed by atoms with E-state index in [0.717, 1.165) is 23.3 Å². The highest BCUT2D eigenvalue weighted by Gasteiger charge is 2.19. The van der Waals surface area contributed by atoms with Crippen molar-refractivity contribution in [2.75, 3.05) is 19.6 Å². The molecule has 3 rings (SSSR count). The van der Waals surface area contributed by atoms with Crippen molar-refractivity contribution >= 4 is 16.8 Å². The average Bonchev–Trinajstić information content (AvgIpc) is 2.74. The zero-order valence-electron chi connectivity index (χ0n) is 16.2. The number of carbonyl (C=O) groups is 1. The van der Waals surface area contributed by atoms with Crippen LogP contribution in [0, 0.1) is 0 Å². The van der Waals surface area contributed by atoms with E-state index >= 15 is 0 Å². The molecule has 146 valence electrons. The summed E-state index contributed by atoms with van der Waals surface area (Å²) in [5.41, 5.74) is 1.35. The highest BCUT2D eigenvalue weighted by atomic mass is 16.2. The van der Waals surface area contributed by atoms with Gasteiger partial charge in [0, 0.05) is 6.54 Å². The molecular weight excluding hydrogens is 354 g/mol. The summed E-state index contributed by atoms with van der Waals surface area (Å²) in [5.74, 6) is -0.264. The second kappa shape index (κ2) is 9.23. The Hall–Kier alpha value is -3.06. The summed E-state index contributed by atoms with van der Waals surface area (Å²) in [6.07, 6.45) is 0. The number of amides is 1. The van der Waals surface area contributed by atoms with Gasteiger partial charge in [0.1, 0.15) is 12.1 Å². The minimum Gasteiger partial charge on any atom is -0.353 e. The van der Waals surface area contributed by atoms with Crippen LogP contribution >= 0.6 is 0 Å². The van der Waals surface area contributed by atoms with E-state index < -0.39 is 0 Å². The first kappa shape index (κ1) is 19.7. The Labute approximate surface area is 164 Å². The molecule has 0 saturated carbocycles. The number of nitrogens with one attached hydrogen (secondary N) is 1. The fourth-order valence-electron chi connectivity index (χ4n) is 3.33. The van der Waals surface area contributed by atoms with Gasteiger partial charge in [-0.1, -0.05) is 61.5 Å². The monoisotopic (exact) mass is 379 g/mol. The summed E-state index contributed by atoms with van der Waals surface area (Å²) < 4.78 is 1.10. The molecule has 0 aliphatic rings. The lowest BCUT2D eigenvalue weighted by Crippen LogP contribution is -2.40. The van der Waals surface area contributed by atoms with Crippen LogP contribution in [0.3, 0.4) is 0 Å². The van der Waals surface area contributed by atoms with Crippen molar-refractivity contribution < 1.29 is 4.79 Å². The van der Waals surface area contributed by atoms with E-state index in [4.69, 9.17) is 0 Å². The molecule has 0 aliphatic heterocycles. The predicted molar refractivity (Wildman–Crippen MR) is 109 cm³/mol. The van der Waals surface area contributed by atoms with E-state index in [1.54, 1.807) is 24.3 Å². The van der Waals surface area contributed by atoms with E-state index in [9.17, 15) is 9.59 Å². The molecule has 0 spiro atoms. The standard InChI is InChI=1S/C21H25N5O2/c1-3-25(4-2)19(16-10-6-5-7-11-16)14-22-20(27)15-26-21(28)17-12-8-9-13-18(17)23-24-26/h5-13,19H,3-4,14-15H2,1-2H3,(H,22,27). The molecule has 0 fully saturated rings. The van der Waals surface area contributed by atoms with Gasteiger partial charge in [0.25, 0.3) is 5.56 Å². The van der Waals surface area contributed by atoms with Gasteiger partial charge in [0.05, 0.1) is 11.4 Å². The van der Waals surface area contributed by atoms with E-state index in [-0.39, 0.29) is 24.1 Å². The van der Waals surface area contributed by atoms with Crippen LogP contribution in [0.5, 0.6) is 0 Å². The first-order chi connectivity index (χ1) is 13.6. The Balaban J connectivity index is 1.71. The molecule has 1 N–H and O–H groups in total. The summed E-state index contributed by atoms with van der Waals surface area (Å²) in [5, 5.41) is 11.3. The predicted octanol–water partition coefficient (Wildman–Crippen LogP) is 1.99. The third kappa shape index (κ3) is 4.43. The molecular formula is C21H25N5O2. The number of rotatable bonds is 8. The van der Waals surface area contributed by atoms with Crippen LogP contribution < -0.4 is 10.9 Å². The summed E-state index contributed by atoms with van der Waals surface area (Å²) in [6, 6.07) is 17.1. The number of fused-ring (bicyclic) bond motifs is 1. The van der Waals surface area contributed by atoms with E-state index in [1.807, 2.05) is 18.2 Å². The van der Waals surface area contributed by atoms with Crippen molar-refractivity contribution in [2.45, 2.75) is 26.4 Å². The molecule has 1 unspecified atom stereocenters. The molecule has 1 atom stereocenters. The first-order valence-electron chi connectivity index (χ1n) is 9.52. The number of hydrogen-bond donors (Lipinski definition) is 1. The molecule has 1 amide bonds. The maximum absolute atomic E-state index is 12.5. The molecule has 0 radical (unpaired) electrons. The fourth-order valence-corrected chi connectivity index (χ4v) is 3.33. The number of likely N-dealkylation sites (N-methyl/N-ethyl adjacent to an activating group) is 1. The molecule has 0 saturated heterocycles. The van der Waals surface area contributed by atoms with Crippen LogP contribution in [0.2, 0.25) is 0 Å². The van der Waals surface area contributed by atoms with Crippen molar-refractivity contribution in [3.63, 3.8) is 0 Å². The van der Waals surface area contributed by atoms with Crippen molar-refractivity contribution in [2.24, 2.45) is 0 Å². The lowest BCUT2D eigenvalue weighted by Gasteiger charge is -2.30. The lowest BCUT2D eigenvalue weighted by atomic mass is 10.1. The quantitative estimate of drug-likeness (QED) is 0.647. The number of benzene rings is 2. The Morgan fingerprint density at radius 2 is 1.75 bits per heavy atom. The van der Waals surface area contributed by atoms with Gasteiger partial charge in [-0.05, 0) is 30.8 Å².